The number of benzene rings is 1. The van der Waals surface area contributed by atoms with Gasteiger partial charge >= 0.3 is 18.4 Å². The number of rotatable bonds is 3. The first-order valence-electron chi connectivity index (χ1n) is 9.55. The van der Waals surface area contributed by atoms with Crippen LogP contribution in [0, 0.1) is 11.3 Å². The molecule has 1 fully saturated rings. The quantitative estimate of drug-likeness (QED) is 0.607. The maximum absolute atomic E-state index is 13.1. The van der Waals surface area contributed by atoms with Crippen molar-refractivity contribution in [3.63, 3.8) is 0 Å². The molecule has 6 nitrogen and oxygen atoms in total. The fourth-order valence-corrected chi connectivity index (χ4v) is 3.69. The number of nitrogens with zero attached hydrogens (tertiary/aromatic N) is 3. The van der Waals surface area contributed by atoms with E-state index in [0.717, 1.165) is 6.42 Å². The molecule has 12 heteroatoms. The van der Waals surface area contributed by atoms with E-state index in [1.807, 2.05) is 0 Å². The highest BCUT2D eigenvalue weighted by Crippen LogP contribution is 2.38. The Labute approximate surface area is 178 Å². The van der Waals surface area contributed by atoms with Crippen LogP contribution in [0.25, 0.3) is 0 Å². The number of alkyl halides is 6. The van der Waals surface area contributed by atoms with E-state index in [9.17, 15) is 31.1 Å². The normalized spacial score (nSPS) is 16.2. The minimum atomic E-state index is -5.03. The number of carbonyl (C=O) groups is 1. The molecule has 1 heterocycles. The van der Waals surface area contributed by atoms with Gasteiger partial charge in [0.05, 0.1) is 22.4 Å². The summed E-state index contributed by atoms with van der Waals surface area (Å²) >= 11 is 0. The van der Waals surface area contributed by atoms with Crippen LogP contribution < -0.4 is 10.6 Å². The number of amides is 2. The molecule has 1 saturated carbocycles. The van der Waals surface area contributed by atoms with E-state index in [1.165, 1.54) is 12.3 Å². The lowest BCUT2D eigenvalue weighted by Gasteiger charge is -2.37. The second-order valence-electron chi connectivity index (χ2n) is 7.39. The van der Waals surface area contributed by atoms with Crippen molar-refractivity contribution in [3.05, 3.63) is 53.1 Å². The molecule has 2 N–H and O–H groups in total. The number of aromatic nitrogens is 2. The van der Waals surface area contributed by atoms with E-state index in [2.05, 4.69) is 20.6 Å². The van der Waals surface area contributed by atoms with Gasteiger partial charge in [0.25, 0.3) is 0 Å². The van der Waals surface area contributed by atoms with Gasteiger partial charge in [0.15, 0.2) is 0 Å². The van der Waals surface area contributed by atoms with Gasteiger partial charge in [-0.1, -0.05) is 19.3 Å². The first-order chi connectivity index (χ1) is 14.9. The Morgan fingerprint density at radius 1 is 1.00 bits per heavy atom. The first-order valence-corrected chi connectivity index (χ1v) is 9.55. The second-order valence-corrected chi connectivity index (χ2v) is 7.39. The molecule has 0 unspecified atom stereocenters. The molecule has 2 aromatic rings. The van der Waals surface area contributed by atoms with E-state index in [1.54, 1.807) is 6.07 Å². The number of urea groups is 1. The third-order valence-corrected chi connectivity index (χ3v) is 5.15. The third kappa shape index (κ3) is 5.27. The third-order valence-electron chi connectivity index (χ3n) is 5.15. The monoisotopic (exact) mass is 457 g/mol. The van der Waals surface area contributed by atoms with Crippen molar-refractivity contribution in [3.8, 4) is 6.07 Å². The van der Waals surface area contributed by atoms with Crippen molar-refractivity contribution in [1.29, 1.82) is 5.26 Å². The fraction of sp³-hybridized carbons (Fsp3) is 0.400. The van der Waals surface area contributed by atoms with Crippen LogP contribution in [-0.4, -0.2) is 16.0 Å². The number of halogens is 6. The van der Waals surface area contributed by atoms with Gasteiger partial charge in [0, 0.05) is 11.9 Å². The van der Waals surface area contributed by atoms with Crippen molar-refractivity contribution in [2.45, 2.75) is 50.0 Å². The summed E-state index contributed by atoms with van der Waals surface area (Å²) in [5.41, 5.74) is -4.42. The number of nitriles is 1. The molecule has 1 aliphatic rings. The molecule has 0 spiro atoms. The summed E-state index contributed by atoms with van der Waals surface area (Å²) in [6.45, 7) is 0. The molecule has 32 heavy (non-hydrogen) atoms. The predicted molar refractivity (Wildman–Crippen MR) is 100 cm³/mol. The van der Waals surface area contributed by atoms with Gasteiger partial charge in [-0.3, -0.25) is 0 Å². The maximum atomic E-state index is 13.1. The molecule has 0 saturated heterocycles. The number of hydrogen-bond donors (Lipinski definition) is 2. The Morgan fingerprint density at radius 3 is 2.12 bits per heavy atom. The summed E-state index contributed by atoms with van der Waals surface area (Å²) in [6.07, 6.45) is -5.58. The van der Waals surface area contributed by atoms with Crippen molar-refractivity contribution in [2.75, 3.05) is 5.32 Å². The van der Waals surface area contributed by atoms with Crippen LogP contribution in [0.15, 0.2) is 30.5 Å². The average Bonchev–Trinajstić information content (AvgIpc) is 2.73. The van der Waals surface area contributed by atoms with Gasteiger partial charge in [-0.05, 0) is 37.1 Å². The van der Waals surface area contributed by atoms with Gasteiger partial charge < -0.3 is 10.6 Å². The van der Waals surface area contributed by atoms with Crippen molar-refractivity contribution >= 4 is 11.7 Å². The van der Waals surface area contributed by atoms with Crippen molar-refractivity contribution in [1.82, 2.24) is 15.3 Å². The molecule has 170 valence electrons. The molecule has 2 amide bonds. The number of carbonyl (C=O) groups excluding carboxylic acids is 1. The zero-order valence-electron chi connectivity index (χ0n) is 16.4. The number of hydrogen-bond acceptors (Lipinski definition) is 4. The van der Waals surface area contributed by atoms with Crippen LogP contribution in [0.1, 0.15) is 54.7 Å². The Morgan fingerprint density at radius 2 is 1.59 bits per heavy atom. The summed E-state index contributed by atoms with van der Waals surface area (Å²) in [5.74, 6) is -0.123. The smallest absolute Gasteiger partial charge is 0.327 e. The van der Waals surface area contributed by atoms with E-state index < -0.39 is 40.7 Å². The van der Waals surface area contributed by atoms with Crippen LogP contribution in [-0.2, 0) is 17.9 Å². The number of nitrogens with one attached hydrogen (secondary N) is 2. The lowest BCUT2D eigenvalue weighted by Crippen LogP contribution is -2.49. The SMILES string of the molecule is N#Cc1nccc(C2(NC(=O)Nc3cc(C(F)(F)F)cc(C(F)(F)F)c3)CCCCC2)n1. The Bertz CT molecular complexity index is 1010. The standard InChI is InChI=1S/C20H17F6N5O/c21-19(22,23)12-8-13(20(24,25)26)10-14(9-12)29-17(32)31-18(5-2-1-3-6-18)15-4-7-28-16(11-27)30-15/h4,7-10H,1-3,5-6H2,(H2,29,31,32). The van der Waals surface area contributed by atoms with Crippen LogP contribution >= 0.6 is 0 Å². The van der Waals surface area contributed by atoms with E-state index >= 15 is 0 Å². The predicted octanol–water partition coefficient (Wildman–Crippen LogP) is 5.37. The first kappa shape index (κ1) is 23.3. The molecule has 3 rings (SSSR count). The molecule has 0 radical (unpaired) electrons. The zero-order valence-corrected chi connectivity index (χ0v) is 16.4. The molecule has 0 aliphatic heterocycles. The topological polar surface area (TPSA) is 90.7 Å². The van der Waals surface area contributed by atoms with E-state index in [4.69, 9.17) is 5.26 Å². The highest BCUT2D eigenvalue weighted by atomic mass is 19.4. The molecule has 1 aromatic carbocycles. The molecule has 1 aromatic heterocycles. The Balaban J connectivity index is 1.91. The maximum Gasteiger partial charge on any atom is 0.416 e. The summed E-state index contributed by atoms with van der Waals surface area (Å²) < 4.78 is 78.4. The van der Waals surface area contributed by atoms with Crippen molar-refractivity contribution in [2.24, 2.45) is 0 Å². The highest BCUT2D eigenvalue weighted by molar-refractivity contribution is 5.90. The van der Waals surface area contributed by atoms with Crippen LogP contribution in [0.4, 0.5) is 36.8 Å². The van der Waals surface area contributed by atoms with E-state index in [-0.39, 0.29) is 11.9 Å². The minimum Gasteiger partial charge on any atom is -0.327 e. The van der Waals surface area contributed by atoms with Crippen molar-refractivity contribution < 1.29 is 31.1 Å². The molecule has 0 bridgehead atoms. The minimum absolute atomic E-state index is 0.0178. The molecule has 1 aliphatic carbocycles. The summed E-state index contributed by atoms with van der Waals surface area (Å²) in [4.78, 5) is 20.6. The molecule has 0 atom stereocenters. The lowest BCUT2D eigenvalue weighted by atomic mass is 9.79. The van der Waals surface area contributed by atoms with Gasteiger partial charge in [0.1, 0.15) is 6.07 Å². The zero-order chi connectivity index (χ0) is 23.6. The largest absolute Gasteiger partial charge is 0.416 e. The van der Waals surface area contributed by atoms with Gasteiger partial charge in [-0.2, -0.15) is 31.6 Å². The van der Waals surface area contributed by atoms with Gasteiger partial charge in [-0.25, -0.2) is 14.8 Å². The summed E-state index contributed by atoms with van der Waals surface area (Å²) in [7, 11) is 0. The summed E-state index contributed by atoms with van der Waals surface area (Å²) in [5, 5.41) is 13.8. The van der Waals surface area contributed by atoms with Gasteiger partial charge in [0.2, 0.25) is 5.82 Å². The molecular weight excluding hydrogens is 440 g/mol. The fourth-order valence-electron chi connectivity index (χ4n) is 3.69. The highest BCUT2D eigenvalue weighted by Gasteiger charge is 2.39. The summed E-state index contributed by atoms with van der Waals surface area (Å²) in [6, 6.07) is 3.16. The lowest BCUT2D eigenvalue weighted by molar-refractivity contribution is -0.143. The average molecular weight is 457 g/mol. The van der Waals surface area contributed by atoms with Gasteiger partial charge in [-0.15, -0.1) is 0 Å². The molecular formula is C20H17F6N5O. The Hall–Kier alpha value is -3.36. The number of anilines is 1. The second kappa shape index (κ2) is 8.64. The van der Waals surface area contributed by atoms with Crippen LogP contribution in [0.3, 0.4) is 0 Å². The van der Waals surface area contributed by atoms with Crippen LogP contribution in [0.2, 0.25) is 0 Å². The Kier molecular flexibility index (Phi) is 6.29. The van der Waals surface area contributed by atoms with Crippen LogP contribution in [0.5, 0.6) is 0 Å². The van der Waals surface area contributed by atoms with E-state index in [0.29, 0.717) is 43.5 Å².